The Morgan fingerprint density at radius 3 is 1.33 bits per heavy atom. The van der Waals surface area contributed by atoms with E-state index in [0.29, 0.717) is 12.8 Å². The molecule has 0 bridgehead atoms. The Balaban J connectivity index is 1.76. The summed E-state index contributed by atoms with van der Waals surface area (Å²) in [7, 11) is 0. The van der Waals surface area contributed by atoms with E-state index >= 15 is 0 Å². The van der Waals surface area contributed by atoms with Gasteiger partial charge in [0.1, 0.15) is 48.8 Å². The van der Waals surface area contributed by atoms with Crippen LogP contribution in [-0.4, -0.2) is 140 Å². The molecular weight excluding hydrogens is 1050 g/mol. The maximum atomic E-state index is 13.3. The number of amides is 1. The van der Waals surface area contributed by atoms with Crippen molar-refractivity contribution in [2.75, 3.05) is 19.8 Å². The van der Waals surface area contributed by atoms with E-state index < -0.39 is 86.8 Å². The predicted octanol–water partition coefficient (Wildman–Crippen LogP) is 12.6. The van der Waals surface area contributed by atoms with Gasteiger partial charge in [0.25, 0.3) is 0 Å². The smallest absolute Gasteiger partial charge is 0.220 e. The number of rotatable bonds is 52. The first-order chi connectivity index (χ1) is 40.6. The fourth-order valence-corrected chi connectivity index (χ4v) is 10.3. The van der Waals surface area contributed by atoms with Crippen molar-refractivity contribution in [3.05, 3.63) is 97.2 Å². The van der Waals surface area contributed by atoms with Gasteiger partial charge in [0.05, 0.1) is 32.0 Å². The van der Waals surface area contributed by atoms with Crippen molar-refractivity contribution in [3.8, 4) is 0 Å². The van der Waals surface area contributed by atoms with Gasteiger partial charge in [-0.3, -0.25) is 4.79 Å². The minimum atomic E-state index is -1.80. The lowest BCUT2D eigenvalue weighted by molar-refractivity contribution is -0.359. The lowest BCUT2D eigenvalue weighted by Crippen LogP contribution is -2.65. The Bertz CT molecular complexity index is 1760. The van der Waals surface area contributed by atoms with Crippen molar-refractivity contribution < 1.29 is 64.6 Å². The molecule has 0 radical (unpaired) electrons. The number of carbonyl (C=O) groups is 1. The Labute approximate surface area is 503 Å². The van der Waals surface area contributed by atoms with Crippen LogP contribution in [0, 0.1) is 0 Å². The minimum Gasteiger partial charge on any atom is -0.394 e. The summed E-state index contributed by atoms with van der Waals surface area (Å²) in [5, 5.41) is 87.3. The van der Waals surface area contributed by atoms with Crippen molar-refractivity contribution >= 4 is 5.91 Å². The first kappa shape index (κ1) is 76.0. The van der Waals surface area contributed by atoms with E-state index in [2.05, 4.69) is 104 Å². The zero-order valence-electron chi connectivity index (χ0n) is 51.7. The van der Waals surface area contributed by atoms with Crippen LogP contribution in [-0.2, 0) is 23.7 Å². The molecule has 83 heavy (non-hydrogen) atoms. The van der Waals surface area contributed by atoms with Crippen molar-refractivity contribution in [3.63, 3.8) is 0 Å². The van der Waals surface area contributed by atoms with Crippen LogP contribution < -0.4 is 5.32 Å². The molecule has 0 saturated carbocycles. The van der Waals surface area contributed by atoms with Crippen LogP contribution in [0.4, 0.5) is 0 Å². The van der Waals surface area contributed by atoms with Crippen molar-refractivity contribution in [1.82, 2.24) is 5.32 Å². The number of allylic oxidation sites excluding steroid dienone is 15. The molecular formula is C69H119NO13. The average Bonchev–Trinajstić information content (AvgIpc) is 3.64. The van der Waals surface area contributed by atoms with Crippen LogP contribution in [0.3, 0.4) is 0 Å². The molecule has 2 aliphatic rings. The van der Waals surface area contributed by atoms with Gasteiger partial charge < -0.3 is 65.1 Å². The van der Waals surface area contributed by atoms with Crippen LogP contribution in [0.1, 0.15) is 239 Å². The summed E-state index contributed by atoms with van der Waals surface area (Å²) in [5.41, 5.74) is 0. The summed E-state index contributed by atoms with van der Waals surface area (Å²) in [6, 6.07) is -0.954. The summed E-state index contributed by atoms with van der Waals surface area (Å²) in [5.74, 6) is -0.276. The number of hydrogen-bond donors (Lipinski definition) is 9. The maximum absolute atomic E-state index is 13.3. The van der Waals surface area contributed by atoms with Gasteiger partial charge in [0.15, 0.2) is 12.6 Å². The van der Waals surface area contributed by atoms with Crippen LogP contribution in [0.25, 0.3) is 0 Å². The number of carbonyl (C=O) groups excluding carboxylic acids is 1. The van der Waals surface area contributed by atoms with E-state index in [0.717, 1.165) is 77.0 Å². The number of unbranched alkanes of at least 4 members (excludes halogenated alkanes) is 25. The molecule has 14 nitrogen and oxygen atoms in total. The average molecular weight is 1170 g/mol. The Kier molecular flexibility index (Phi) is 48.7. The topological polar surface area (TPSA) is 228 Å². The summed E-state index contributed by atoms with van der Waals surface area (Å²) >= 11 is 0. The number of hydrogen-bond acceptors (Lipinski definition) is 13. The Morgan fingerprint density at radius 2 is 0.843 bits per heavy atom. The van der Waals surface area contributed by atoms with E-state index in [4.69, 9.17) is 18.9 Å². The molecule has 2 saturated heterocycles. The highest BCUT2D eigenvalue weighted by atomic mass is 16.7. The number of ether oxygens (including phenoxy) is 4. The standard InChI is InChI=1S/C69H119NO13/c1-3-5-7-9-11-13-15-17-19-21-23-25-27-28-29-31-32-34-36-38-40-42-44-46-48-50-52-58(73)57(56-80-68-66(79)64(77)67(60(55-72)82-68)83-69-65(78)63(76)62(75)59(54-71)81-69)70-61(74)53-51-49-47-45-43-41-39-37-35-33-30-26-24-22-20-18-16-14-12-10-8-6-4-2/h6,8,12,14,18,20,24,26,33,35,39,41-42,44,50,52,57-60,62-69,71-73,75-79H,3-5,7,9-11,13,15-17,19,21-23,25,27-32,34,36-38,40,43,45-49,51,53-56H2,1-2H3,(H,70,74)/b8-6-,14-12-,20-18-,26-24-,35-33-,41-39-,44-42+,52-50+. The third-order valence-corrected chi connectivity index (χ3v) is 15.5. The molecule has 0 spiro atoms. The van der Waals surface area contributed by atoms with E-state index in [1.807, 2.05) is 6.08 Å². The van der Waals surface area contributed by atoms with E-state index in [9.17, 15) is 45.6 Å². The largest absolute Gasteiger partial charge is 0.394 e. The molecule has 1 amide bonds. The van der Waals surface area contributed by atoms with Crippen molar-refractivity contribution in [2.45, 2.75) is 312 Å². The van der Waals surface area contributed by atoms with Gasteiger partial charge in [-0.25, -0.2) is 0 Å². The van der Waals surface area contributed by atoms with Crippen molar-refractivity contribution in [1.29, 1.82) is 0 Å². The molecule has 12 atom stereocenters. The predicted molar refractivity (Wildman–Crippen MR) is 336 cm³/mol. The van der Waals surface area contributed by atoms with Gasteiger partial charge in [0, 0.05) is 6.42 Å². The zero-order chi connectivity index (χ0) is 60.2. The van der Waals surface area contributed by atoms with Gasteiger partial charge in [-0.1, -0.05) is 246 Å². The number of aliphatic hydroxyl groups is 8. The molecule has 0 aliphatic carbocycles. The van der Waals surface area contributed by atoms with Gasteiger partial charge in [-0.15, -0.1) is 0 Å². The van der Waals surface area contributed by atoms with E-state index in [1.54, 1.807) is 6.08 Å². The lowest BCUT2D eigenvalue weighted by atomic mass is 9.97. The molecule has 478 valence electrons. The number of nitrogens with one attached hydrogen (secondary N) is 1. The summed E-state index contributed by atoms with van der Waals surface area (Å²) in [6.07, 6.45) is 57.4. The summed E-state index contributed by atoms with van der Waals surface area (Å²) in [4.78, 5) is 13.3. The highest BCUT2D eigenvalue weighted by Gasteiger charge is 2.51. The minimum absolute atomic E-state index is 0.238. The quantitative estimate of drug-likeness (QED) is 0.0204. The SMILES string of the molecule is CC/C=C\C/C=C\C/C=C\C/C=C\C/C=C\C/C=C\CCCCCCC(=O)NC(COC1OC(CO)C(OC2OC(CO)C(O)C(O)C2O)C(O)C1O)C(O)/C=C/CC/C=C/CCCCCCCCCCCCCCCCCCCCCC. The molecule has 2 aliphatic heterocycles. The fraction of sp³-hybridized carbons (Fsp3) is 0.754. The monoisotopic (exact) mass is 1170 g/mol. The highest BCUT2D eigenvalue weighted by Crippen LogP contribution is 2.30. The second-order valence-electron chi connectivity index (χ2n) is 22.9. The molecule has 0 aromatic carbocycles. The van der Waals surface area contributed by atoms with Crippen molar-refractivity contribution in [2.24, 2.45) is 0 Å². The van der Waals surface area contributed by atoms with E-state index in [-0.39, 0.29) is 18.9 Å². The van der Waals surface area contributed by atoms with Gasteiger partial charge in [-0.2, -0.15) is 0 Å². The van der Waals surface area contributed by atoms with Crippen LogP contribution in [0.2, 0.25) is 0 Å². The molecule has 2 heterocycles. The molecule has 9 N–H and O–H groups in total. The number of aliphatic hydroxyl groups excluding tert-OH is 8. The van der Waals surface area contributed by atoms with Gasteiger partial charge >= 0.3 is 0 Å². The second-order valence-corrected chi connectivity index (χ2v) is 22.9. The first-order valence-electron chi connectivity index (χ1n) is 33.0. The molecule has 14 heteroatoms. The summed E-state index contributed by atoms with van der Waals surface area (Å²) in [6.45, 7) is 2.66. The first-order valence-corrected chi connectivity index (χ1v) is 33.0. The van der Waals surface area contributed by atoms with Crippen LogP contribution in [0.5, 0.6) is 0 Å². The van der Waals surface area contributed by atoms with Gasteiger partial charge in [-0.05, 0) is 83.5 Å². The fourth-order valence-electron chi connectivity index (χ4n) is 10.3. The van der Waals surface area contributed by atoms with E-state index in [1.165, 1.54) is 128 Å². The molecule has 0 aromatic rings. The molecule has 2 rings (SSSR count). The normalized spacial score (nSPS) is 24.5. The zero-order valence-corrected chi connectivity index (χ0v) is 51.7. The highest BCUT2D eigenvalue weighted by molar-refractivity contribution is 5.76. The molecule has 0 aromatic heterocycles. The molecule has 12 unspecified atom stereocenters. The molecule has 2 fully saturated rings. The lowest BCUT2D eigenvalue weighted by Gasteiger charge is -2.46. The van der Waals surface area contributed by atoms with Crippen LogP contribution >= 0.6 is 0 Å². The van der Waals surface area contributed by atoms with Crippen LogP contribution in [0.15, 0.2) is 97.2 Å². The third kappa shape index (κ3) is 37.9. The maximum Gasteiger partial charge on any atom is 0.220 e. The second kappa shape index (κ2) is 53.2. The van der Waals surface area contributed by atoms with Gasteiger partial charge in [0.2, 0.25) is 5.91 Å². The summed E-state index contributed by atoms with van der Waals surface area (Å²) < 4.78 is 22.8. The Morgan fingerprint density at radius 1 is 0.446 bits per heavy atom. The Hall–Kier alpha value is -3.09. The third-order valence-electron chi connectivity index (χ3n) is 15.5.